The molecule has 7 heteroatoms. The zero-order valence-corrected chi connectivity index (χ0v) is 13.7. The lowest BCUT2D eigenvalue weighted by Gasteiger charge is -2.24. The van der Waals surface area contributed by atoms with Crippen LogP contribution in [0.1, 0.15) is 24.6 Å². The molecule has 1 aliphatic heterocycles. The van der Waals surface area contributed by atoms with Crippen molar-refractivity contribution in [3.8, 4) is 0 Å². The molecule has 1 atom stereocenters. The normalized spacial score (nSPS) is 20.0. The monoisotopic (exact) mass is 369 g/mol. The molecule has 0 bridgehead atoms. The van der Waals surface area contributed by atoms with Crippen molar-refractivity contribution in [3.63, 3.8) is 0 Å². The van der Waals surface area contributed by atoms with Crippen LogP contribution in [0.15, 0.2) is 45.9 Å². The molecule has 2 aromatic rings. The van der Waals surface area contributed by atoms with Crippen molar-refractivity contribution in [2.45, 2.75) is 23.8 Å². The maximum absolute atomic E-state index is 12.9. The molecule has 0 radical (unpaired) electrons. The molecule has 0 aliphatic carbocycles. The molecule has 1 aromatic carbocycles. The molecule has 3 N–H and O–H groups in total. The van der Waals surface area contributed by atoms with Gasteiger partial charge in [0.25, 0.3) is 0 Å². The fourth-order valence-corrected chi connectivity index (χ4v) is 5.47. The minimum atomic E-state index is -3.55. The molecule has 1 fully saturated rings. The Hall–Kier alpha value is -1.31. The highest BCUT2D eigenvalue weighted by molar-refractivity contribution is 9.10. The minimum absolute atomic E-state index is 0.130. The van der Waals surface area contributed by atoms with E-state index >= 15 is 0 Å². The Labute approximate surface area is 132 Å². The Morgan fingerprint density at radius 3 is 2.81 bits per heavy atom. The summed E-state index contributed by atoms with van der Waals surface area (Å²) in [4.78, 5) is 3.38. The molecule has 0 saturated carbocycles. The Balaban J connectivity index is 2.01. The van der Waals surface area contributed by atoms with Gasteiger partial charge in [-0.2, -0.15) is 4.31 Å². The summed E-state index contributed by atoms with van der Waals surface area (Å²) in [6.45, 7) is 0.531. The van der Waals surface area contributed by atoms with Crippen molar-refractivity contribution >= 4 is 31.6 Å². The van der Waals surface area contributed by atoms with Gasteiger partial charge in [0.1, 0.15) is 0 Å². The van der Waals surface area contributed by atoms with Gasteiger partial charge in [-0.1, -0.05) is 0 Å². The van der Waals surface area contributed by atoms with Crippen LogP contribution in [0.3, 0.4) is 0 Å². The molecule has 0 amide bonds. The van der Waals surface area contributed by atoms with Crippen molar-refractivity contribution in [2.24, 2.45) is 0 Å². The van der Waals surface area contributed by atoms with Crippen LogP contribution in [0.4, 0.5) is 5.69 Å². The third-order valence-corrected chi connectivity index (χ3v) is 6.61. The van der Waals surface area contributed by atoms with Crippen molar-refractivity contribution in [3.05, 3.63) is 46.7 Å². The van der Waals surface area contributed by atoms with Crippen LogP contribution in [0.5, 0.6) is 0 Å². The molecule has 0 spiro atoms. The SMILES string of the molecule is Nc1ccc(S(=O)(=O)N2CCCC2c2ccc[nH]2)c(Br)c1. The largest absolute Gasteiger partial charge is 0.399 e. The van der Waals surface area contributed by atoms with Crippen LogP contribution in [-0.4, -0.2) is 24.3 Å². The van der Waals surface area contributed by atoms with Gasteiger partial charge in [0.2, 0.25) is 10.0 Å². The molecule has 21 heavy (non-hydrogen) atoms. The van der Waals surface area contributed by atoms with Gasteiger partial charge in [-0.3, -0.25) is 0 Å². The van der Waals surface area contributed by atoms with Crippen LogP contribution >= 0.6 is 15.9 Å². The number of hydrogen-bond donors (Lipinski definition) is 2. The number of benzene rings is 1. The zero-order chi connectivity index (χ0) is 15.0. The van der Waals surface area contributed by atoms with Crippen molar-refractivity contribution in [1.82, 2.24) is 9.29 Å². The fourth-order valence-electron chi connectivity index (χ4n) is 2.74. The van der Waals surface area contributed by atoms with Crippen molar-refractivity contribution in [2.75, 3.05) is 12.3 Å². The number of anilines is 1. The third kappa shape index (κ3) is 2.61. The molecule has 1 aliphatic rings. The van der Waals surface area contributed by atoms with Crippen molar-refractivity contribution < 1.29 is 8.42 Å². The number of halogens is 1. The average Bonchev–Trinajstić information content (AvgIpc) is 3.09. The van der Waals surface area contributed by atoms with Gasteiger partial charge in [-0.15, -0.1) is 0 Å². The van der Waals surface area contributed by atoms with E-state index in [-0.39, 0.29) is 10.9 Å². The number of nitrogens with one attached hydrogen (secondary N) is 1. The van der Waals surface area contributed by atoms with E-state index in [1.807, 2.05) is 18.3 Å². The quantitative estimate of drug-likeness (QED) is 0.816. The second kappa shape index (κ2) is 5.47. The number of sulfonamides is 1. The molecule has 1 saturated heterocycles. The first-order valence-corrected chi connectivity index (χ1v) is 8.93. The number of hydrogen-bond acceptors (Lipinski definition) is 3. The van der Waals surface area contributed by atoms with Crippen LogP contribution < -0.4 is 5.73 Å². The standard InChI is InChI=1S/C14H16BrN3O2S/c15-11-9-10(16)5-6-14(11)21(19,20)18-8-2-4-13(18)12-3-1-7-17-12/h1,3,5-7,9,13,17H,2,4,8,16H2. The maximum Gasteiger partial charge on any atom is 0.244 e. The zero-order valence-electron chi connectivity index (χ0n) is 11.3. The summed E-state index contributed by atoms with van der Waals surface area (Å²) >= 11 is 3.31. The predicted octanol–water partition coefficient (Wildman–Crippen LogP) is 2.89. The van der Waals surface area contributed by atoms with E-state index in [1.54, 1.807) is 22.5 Å². The van der Waals surface area contributed by atoms with E-state index in [1.165, 1.54) is 0 Å². The van der Waals surface area contributed by atoms with E-state index in [4.69, 9.17) is 5.73 Å². The first kappa shape index (κ1) is 14.6. The molecule has 3 rings (SSSR count). The number of aromatic nitrogens is 1. The second-order valence-corrected chi connectivity index (χ2v) is 7.80. The Morgan fingerprint density at radius 1 is 1.33 bits per heavy atom. The van der Waals surface area contributed by atoms with Gasteiger partial charge in [-0.25, -0.2) is 8.42 Å². The van der Waals surface area contributed by atoms with Gasteiger partial charge in [0.15, 0.2) is 0 Å². The lowest BCUT2D eigenvalue weighted by Crippen LogP contribution is -2.31. The van der Waals surface area contributed by atoms with E-state index < -0.39 is 10.0 Å². The molecular formula is C14H16BrN3O2S. The van der Waals surface area contributed by atoms with E-state index in [9.17, 15) is 8.42 Å². The van der Waals surface area contributed by atoms with Crippen LogP contribution in [0.25, 0.3) is 0 Å². The van der Waals surface area contributed by atoms with Crippen LogP contribution in [0, 0.1) is 0 Å². The summed E-state index contributed by atoms with van der Waals surface area (Å²) in [5.74, 6) is 0. The summed E-state index contributed by atoms with van der Waals surface area (Å²) in [6, 6.07) is 8.46. The lowest BCUT2D eigenvalue weighted by molar-refractivity contribution is 0.391. The molecule has 1 unspecified atom stereocenters. The Morgan fingerprint density at radius 2 is 2.14 bits per heavy atom. The number of H-pyrrole nitrogens is 1. The van der Waals surface area contributed by atoms with Gasteiger partial charge in [0, 0.05) is 28.6 Å². The number of nitrogens with two attached hydrogens (primary N) is 1. The van der Waals surface area contributed by atoms with Crippen molar-refractivity contribution in [1.29, 1.82) is 0 Å². The number of nitrogens with zero attached hydrogens (tertiary/aromatic N) is 1. The third-order valence-electron chi connectivity index (χ3n) is 3.73. The average molecular weight is 370 g/mol. The minimum Gasteiger partial charge on any atom is -0.399 e. The predicted molar refractivity (Wildman–Crippen MR) is 85.2 cm³/mol. The molecule has 112 valence electrons. The van der Waals surface area contributed by atoms with Gasteiger partial charge >= 0.3 is 0 Å². The highest BCUT2D eigenvalue weighted by Gasteiger charge is 2.37. The van der Waals surface area contributed by atoms with Crippen LogP contribution in [-0.2, 0) is 10.0 Å². The molecule has 1 aromatic heterocycles. The fraction of sp³-hybridized carbons (Fsp3) is 0.286. The highest BCUT2D eigenvalue weighted by Crippen LogP contribution is 2.37. The lowest BCUT2D eigenvalue weighted by atomic mass is 10.2. The van der Waals surface area contributed by atoms with Gasteiger partial charge in [0.05, 0.1) is 10.9 Å². The maximum atomic E-state index is 12.9. The van der Waals surface area contributed by atoms with Gasteiger partial charge < -0.3 is 10.7 Å². The summed E-state index contributed by atoms with van der Waals surface area (Å²) in [7, 11) is -3.55. The summed E-state index contributed by atoms with van der Waals surface area (Å²) < 4.78 is 27.9. The van der Waals surface area contributed by atoms with E-state index in [2.05, 4.69) is 20.9 Å². The first-order chi connectivity index (χ1) is 10.00. The first-order valence-electron chi connectivity index (χ1n) is 6.70. The molecule has 5 nitrogen and oxygen atoms in total. The highest BCUT2D eigenvalue weighted by atomic mass is 79.9. The molecule has 2 heterocycles. The smallest absolute Gasteiger partial charge is 0.244 e. The Kier molecular flexibility index (Phi) is 3.81. The number of nitrogen functional groups attached to an aromatic ring is 1. The topological polar surface area (TPSA) is 79.2 Å². The van der Waals surface area contributed by atoms with E-state index in [0.29, 0.717) is 16.7 Å². The second-order valence-electron chi connectivity index (χ2n) is 5.09. The van der Waals surface area contributed by atoms with Crippen LogP contribution in [0.2, 0.25) is 0 Å². The van der Waals surface area contributed by atoms with Gasteiger partial charge in [-0.05, 0) is 59.1 Å². The summed E-state index contributed by atoms with van der Waals surface area (Å²) in [6.07, 6.45) is 3.50. The summed E-state index contributed by atoms with van der Waals surface area (Å²) in [5, 5.41) is 0. The number of rotatable bonds is 3. The molecular weight excluding hydrogens is 354 g/mol. The summed E-state index contributed by atoms with van der Waals surface area (Å²) in [5.41, 5.74) is 7.15. The van der Waals surface area contributed by atoms with E-state index in [0.717, 1.165) is 18.5 Å². The number of aromatic amines is 1. The Bertz CT molecular complexity index is 744.